The largest absolute Gasteiger partial charge is 0.308 e. The smallest absolute Gasteiger partial charge is 0.270 e. The molecule has 8 nitrogen and oxygen atoms in total. The molecule has 0 bridgehead atoms. The van der Waals surface area contributed by atoms with E-state index in [0.29, 0.717) is 0 Å². The number of hydrogen-bond donors (Lipinski definition) is 0. The molecule has 3 aromatic carbocycles. The molecule has 1 aliphatic carbocycles. The Bertz CT molecular complexity index is 1630. The molecule has 0 fully saturated rings. The standard InChI is InChI=1S/C28H19BrN4O4S/c29-21-10-7-18(8-11-21)25-16-38-28-30-26-19(13-17-3-1-5-22(14-17)32(34)35)9-12-24(26)27(31(25)28)20-4-2-6-23(15-20)33(36)37/h1-8,10-11,13-16,27H,9,12H2/b19-13+. The van der Waals surface area contributed by atoms with Crippen molar-refractivity contribution in [3.05, 3.63) is 136 Å². The van der Waals surface area contributed by atoms with Crippen molar-refractivity contribution in [1.82, 2.24) is 4.90 Å². The van der Waals surface area contributed by atoms with E-state index in [-0.39, 0.29) is 22.3 Å². The molecule has 38 heavy (non-hydrogen) atoms. The first kappa shape index (κ1) is 24.3. The predicted octanol–water partition coefficient (Wildman–Crippen LogP) is 7.86. The molecule has 0 radical (unpaired) electrons. The van der Waals surface area contributed by atoms with E-state index in [4.69, 9.17) is 4.99 Å². The number of fused-ring (bicyclic) bond motifs is 1. The summed E-state index contributed by atoms with van der Waals surface area (Å²) in [5.41, 5.74) is 6.59. The molecule has 0 spiro atoms. The van der Waals surface area contributed by atoms with Gasteiger partial charge in [-0.2, -0.15) is 0 Å². The normalized spacial score (nSPS) is 19.2. The van der Waals surface area contributed by atoms with E-state index in [1.54, 1.807) is 24.3 Å². The Morgan fingerprint density at radius 3 is 2.39 bits per heavy atom. The van der Waals surface area contributed by atoms with Gasteiger partial charge in [-0.1, -0.05) is 64.1 Å². The minimum Gasteiger partial charge on any atom is -0.308 e. The lowest BCUT2D eigenvalue weighted by atomic mass is 9.93. The van der Waals surface area contributed by atoms with Crippen LogP contribution < -0.4 is 0 Å². The molecule has 10 heteroatoms. The fraction of sp³-hybridized carbons (Fsp3) is 0.107. The zero-order chi connectivity index (χ0) is 26.4. The van der Waals surface area contributed by atoms with Crippen molar-refractivity contribution in [3.8, 4) is 0 Å². The fourth-order valence-electron chi connectivity index (χ4n) is 5.08. The third-order valence-corrected chi connectivity index (χ3v) is 8.14. The van der Waals surface area contributed by atoms with Crippen LogP contribution in [0, 0.1) is 20.2 Å². The molecule has 2 aliphatic heterocycles. The topological polar surface area (TPSA) is 102 Å². The Balaban J connectivity index is 1.47. The fourth-order valence-corrected chi connectivity index (χ4v) is 6.28. The number of benzene rings is 3. The van der Waals surface area contributed by atoms with E-state index in [0.717, 1.165) is 61.7 Å². The Morgan fingerprint density at radius 1 is 0.947 bits per heavy atom. The van der Waals surface area contributed by atoms with E-state index >= 15 is 0 Å². The maximum atomic E-state index is 11.6. The molecule has 0 amide bonds. The Labute approximate surface area is 230 Å². The highest BCUT2D eigenvalue weighted by Crippen LogP contribution is 2.52. The Kier molecular flexibility index (Phi) is 6.21. The van der Waals surface area contributed by atoms with Crippen LogP contribution in [-0.2, 0) is 0 Å². The maximum Gasteiger partial charge on any atom is 0.270 e. The molecule has 1 unspecified atom stereocenters. The summed E-state index contributed by atoms with van der Waals surface area (Å²) in [5.74, 6) is 0. The molecule has 6 rings (SSSR count). The number of nitro benzene ring substituents is 2. The number of amidine groups is 1. The number of allylic oxidation sites excluding steroid dienone is 1. The summed E-state index contributed by atoms with van der Waals surface area (Å²) in [4.78, 5) is 29.3. The second-order valence-corrected chi connectivity index (χ2v) is 10.8. The SMILES string of the molecule is O=[N+]([O-])c1cccc(/C=C2\CCC3=C2N=C2SC=C(c4ccc(Br)cc4)N2C3c2cccc([N+](=O)[O-])c2)c1. The maximum absolute atomic E-state index is 11.6. The lowest BCUT2D eigenvalue weighted by Gasteiger charge is -2.36. The third kappa shape index (κ3) is 4.35. The van der Waals surface area contributed by atoms with Gasteiger partial charge >= 0.3 is 0 Å². The summed E-state index contributed by atoms with van der Waals surface area (Å²) in [6.07, 6.45) is 3.42. The number of nitrogens with zero attached hydrogens (tertiary/aromatic N) is 4. The summed E-state index contributed by atoms with van der Waals surface area (Å²) < 4.78 is 0.979. The van der Waals surface area contributed by atoms with E-state index in [1.165, 1.54) is 23.9 Å². The highest BCUT2D eigenvalue weighted by Gasteiger charge is 2.41. The van der Waals surface area contributed by atoms with Crippen LogP contribution >= 0.6 is 27.7 Å². The number of halogens is 1. The first-order valence-electron chi connectivity index (χ1n) is 11.8. The molecule has 0 N–H and O–H groups in total. The van der Waals surface area contributed by atoms with E-state index in [9.17, 15) is 20.2 Å². The number of aliphatic imine (C=N–C) groups is 1. The third-order valence-electron chi connectivity index (χ3n) is 6.77. The molecular weight excluding hydrogens is 568 g/mol. The summed E-state index contributed by atoms with van der Waals surface area (Å²) in [7, 11) is 0. The van der Waals surface area contributed by atoms with Gasteiger partial charge in [0.05, 0.1) is 27.3 Å². The Hall–Kier alpha value is -4.02. The van der Waals surface area contributed by atoms with Gasteiger partial charge in [0.15, 0.2) is 5.17 Å². The van der Waals surface area contributed by atoms with Crippen molar-refractivity contribution in [2.24, 2.45) is 4.99 Å². The van der Waals surface area contributed by atoms with Gasteiger partial charge in [0, 0.05) is 34.1 Å². The van der Waals surface area contributed by atoms with Crippen LogP contribution in [0.4, 0.5) is 11.4 Å². The minimum atomic E-state index is -0.400. The van der Waals surface area contributed by atoms with Crippen LogP contribution in [0.2, 0.25) is 0 Å². The number of nitro groups is 2. The molecular formula is C28H19BrN4O4S. The number of hydrogen-bond acceptors (Lipinski definition) is 7. The highest BCUT2D eigenvalue weighted by molar-refractivity contribution is 9.10. The number of thioether (sulfide) groups is 1. The molecule has 3 aliphatic rings. The van der Waals surface area contributed by atoms with Gasteiger partial charge in [-0.05, 0) is 58.9 Å². The van der Waals surface area contributed by atoms with Crippen molar-refractivity contribution < 1.29 is 9.85 Å². The summed E-state index contributed by atoms with van der Waals surface area (Å²) in [6.45, 7) is 0. The first-order chi connectivity index (χ1) is 18.4. The second kappa shape index (κ2) is 9.70. The van der Waals surface area contributed by atoms with Crippen LogP contribution in [0.5, 0.6) is 0 Å². The van der Waals surface area contributed by atoms with Gasteiger partial charge in [0.2, 0.25) is 0 Å². The van der Waals surface area contributed by atoms with Crippen LogP contribution in [0.1, 0.15) is 35.6 Å². The number of non-ortho nitro benzene ring substituents is 2. The zero-order valence-corrected chi connectivity index (χ0v) is 22.2. The monoisotopic (exact) mass is 586 g/mol. The van der Waals surface area contributed by atoms with Crippen molar-refractivity contribution in [2.45, 2.75) is 18.9 Å². The van der Waals surface area contributed by atoms with Gasteiger partial charge in [-0.3, -0.25) is 20.2 Å². The van der Waals surface area contributed by atoms with Crippen molar-refractivity contribution in [3.63, 3.8) is 0 Å². The molecule has 0 saturated heterocycles. The van der Waals surface area contributed by atoms with Crippen LogP contribution in [0.15, 0.2) is 105 Å². The summed E-state index contributed by atoms with van der Waals surface area (Å²) in [6, 6.07) is 21.1. The summed E-state index contributed by atoms with van der Waals surface area (Å²) >= 11 is 5.02. The lowest BCUT2D eigenvalue weighted by Crippen LogP contribution is -2.32. The molecule has 2 heterocycles. The predicted molar refractivity (Wildman–Crippen MR) is 152 cm³/mol. The molecule has 0 saturated carbocycles. The number of rotatable bonds is 5. The van der Waals surface area contributed by atoms with Gasteiger partial charge in [0.1, 0.15) is 0 Å². The van der Waals surface area contributed by atoms with Gasteiger partial charge in [-0.25, -0.2) is 4.99 Å². The van der Waals surface area contributed by atoms with E-state index in [2.05, 4.69) is 26.2 Å². The highest BCUT2D eigenvalue weighted by atomic mass is 79.9. The van der Waals surface area contributed by atoms with Crippen LogP contribution in [-0.4, -0.2) is 19.9 Å². The van der Waals surface area contributed by atoms with Crippen molar-refractivity contribution in [2.75, 3.05) is 0 Å². The molecule has 3 aromatic rings. The average Bonchev–Trinajstić information content (AvgIpc) is 3.52. The van der Waals surface area contributed by atoms with Crippen LogP contribution in [0.25, 0.3) is 11.8 Å². The van der Waals surface area contributed by atoms with Gasteiger partial charge in [0.25, 0.3) is 11.4 Å². The van der Waals surface area contributed by atoms with Crippen LogP contribution in [0.3, 0.4) is 0 Å². The van der Waals surface area contributed by atoms with E-state index in [1.807, 2.05) is 42.5 Å². The Morgan fingerprint density at radius 2 is 1.66 bits per heavy atom. The van der Waals surface area contributed by atoms with E-state index < -0.39 is 4.92 Å². The lowest BCUT2D eigenvalue weighted by molar-refractivity contribution is -0.385. The van der Waals surface area contributed by atoms with Gasteiger partial charge < -0.3 is 4.90 Å². The average molecular weight is 587 g/mol. The zero-order valence-electron chi connectivity index (χ0n) is 19.8. The quantitative estimate of drug-likeness (QED) is 0.223. The van der Waals surface area contributed by atoms with Crippen molar-refractivity contribution in [1.29, 1.82) is 0 Å². The van der Waals surface area contributed by atoms with Gasteiger partial charge in [-0.15, -0.1) is 0 Å². The molecule has 1 atom stereocenters. The molecule has 0 aromatic heterocycles. The summed E-state index contributed by atoms with van der Waals surface area (Å²) in [5, 5.41) is 25.8. The first-order valence-corrected chi connectivity index (χ1v) is 13.5. The minimum absolute atomic E-state index is 0.0387. The van der Waals surface area contributed by atoms with Crippen molar-refractivity contribution >= 4 is 56.0 Å². The second-order valence-electron chi connectivity index (χ2n) is 9.04. The molecule has 188 valence electrons.